The van der Waals surface area contributed by atoms with E-state index < -0.39 is 0 Å². The Morgan fingerprint density at radius 2 is 1.80 bits per heavy atom. The van der Waals surface area contributed by atoms with Crippen LogP contribution in [-0.2, 0) is 0 Å². The van der Waals surface area contributed by atoms with E-state index in [1.807, 2.05) is 35.4 Å². The number of nitrogens with one attached hydrogen (secondary N) is 1. The lowest BCUT2D eigenvalue weighted by molar-refractivity contribution is 0.0705. The zero-order valence-corrected chi connectivity index (χ0v) is 16.4. The van der Waals surface area contributed by atoms with Gasteiger partial charge in [0.05, 0.1) is 5.69 Å². The van der Waals surface area contributed by atoms with E-state index in [2.05, 4.69) is 21.1 Å². The van der Waals surface area contributed by atoms with E-state index in [0.29, 0.717) is 24.7 Å². The van der Waals surface area contributed by atoms with E-state index in [0.717, 1.165) is 23.9 Å². The molecular weight excluding hydrogens is 378 g/mol. The van der Waals surface area contributed by atoms with Gasteiger partial charge in [-0.2, -0.15) is 9.78 Å². The number of aromatic nitrogens is 4. The summed E-state index contributed by atoms with van der Waals surface area (Å²) in [5, 5.41) is 5.48. The molecule has 1 aliphatic heterocycles. The van der Waals surface area contributed by atoms with E-state index in [1.54, 1.807) is 18.3 Å². The highest BCUT2D eigenvalue weighted by Crippen LogP contribution is 2.32. The number of amides is 1. The molecule has 30 heavy (non-hydrogen) atoms. The number of benzene rings is 1. The maximum atomic E-state index is 13.0. The molecule has 7 heteroatoms. The van der Waals surface area contributed by atoms with Crippen LogP contribution in [0.15, 0.2) is 71.8 Å². The average molecular weight is 399 g/mol. The molecule has 1 amide bonds. The molecule has 0 spiro atoms. The first kappa shape index (κ1) is 18.3. The van der Waals surface area contributed by atoms with Crippen LogP contribution in [0.25, 0.3) is 16.7 Å². The van der Waals surface area contributed by atoms with Crippen molar-refractivity contribution >= 4 is 16.9 Å². The maximum Gasteiger partial charge on any atom is 0.274 e. The third-order valence-corrected chi connectivity index (χ3v) is 5.73. The Hall–Kier alpha value is -3.74. The van der Waals surface area contributed by atoms with Crippen LogP contribution in [0.1, 0.15) is 34.8 Å². The summed E-state index contributed by atoms with van der Waals surface area (Å²) in [6.45, 7) is 1.31. The normalized spacial score (nSPS) is 14.9. The minimum absolute atomic E-state index is 0.140. The van der Waals surface area contributed by atoms with Crippen molar-refractivity contribution in [3.05, 3.63) is 88.6 Å². The Bertz CT molecular complexity index is 1250. The van der Waals surface area contributed by atoms with Gasteiger partial charge in [0.2, 0.25) is 0 Å². The van der Waals surface area contributed by atoms with Crippen LogP contribution in [0.2, 0.25) is 0 Å². The lowest BCUT2D eigenvalue weighted by Crippen LogP contribution is -2.39. The highest BCUT2D eigenvalue weighted by Gasteiger charge is 2.27. The average Bonchev–Trinajstić information content (AvgIpc) is 3.24. The highest BCUT2D eigenvalue weighted by atomic mass is 16.2. The first-order chi connectivity index (χ1) is 14.7. The van der Waals surface area contributed by atoms with E-state index in [1.165, 1.54) is 22.4 Å². The van der Waals surface area contributed by atoms with Gasteiger partial charge in [0.25, 0.3) is 11.5 Å². The lowest BCUT2D eigenvalue weighted by Gasteiger charge is -2.31. The fourth-order valence-corrected chi connectivity index (χ4v) is 4.15. The topological polar surface area (TPSA) is 83.9 Å². The van der Waals surface area contributed by atoms with Crippen LogP contribution < -0.4 is 5.56 Å². The molecule has 5 rings (SSSR count). The molecule has 4 heterocycles. The molecule has 1 fully saturated rings. The van der Waals surface area contributed by atoms with Gasteiger partial charge < -0.3 is 9.88 Å². The Kier molecular flexibility index (Phi) is 4.63. The number of pyridine rings is 1. The summed E-state index contributed by atoms with van der Waals surface area (Å²) in [4.78, 5) is 34.7. The molecule has 0 aliphatic carbocycles. The van der Waals surface area contributed by atoms with Crippen molar-refractivity contribution in [3.63, 3.8) is 0 Å². The van der Waals surface area contributed by atoms with Crippen molar-refractivity contribution in [2.75, 3.05) is 13.1 Å². The monoisotopic (exact) mass is 399 g/mol. The maximum absolute atomic E-state index is 13.0. The summed E-state index contributed by atoms with van der Waals surface area (Å²) in [7, 11) is 0. The molecule has 0 unspecified atom stereocenters. The second-order valence-electron chi connectivity index (χ2n) is 7.51. The Morgan fingerprint density at radius 1 is 1.00 bits per heavy atom. The van der Waals surface area contributed by atoms with Gasteiger partial charge >= 0.3 is 0 Å². The van der Waals surface area contributed by atoms with E-state index in [9.17, 15) is 9.59 Å². The second-order valence-corrected chi connectivity index (χ2v) is 7.51. The molecular formula is C23H21N5O2. The Balaban J connectivity index is 1.33. The fourth-order valence-electron chi connectivity index (χ4n) is 4.15. The number of piperidine rings is 1. The van der Waals surface area contributed by atoms with Gasteiger partial charge in [0.15, 0.2) is 0 Å². The van der Waals surface area contributed by atoms with Crippen molar-refractivity contribution in [1.29, 1.82) is 0 Å². The minimum atomic E-state index is -0.260. The molecule has 4 aromatic rings. The fraction of sp³-hybridized carbons (Fsp3) is 0.217. The number of carbonyl (C=O) groups excluding carboxylic acids is 1. The van der Waals surface area contributed by atoms with Crippen molar-refractivity contribution in [2.24, 2.45) is 0 Å². The van der Waals surface area contributed by atoms with Crippen LogP contribution in [0, 0.1) is 0 Å². The molecule has 0 radical (unpaired) electrons. The predicted octanol–water partition coefficient (Wildman–Crippen LogP) is 3.13. The van der Waals surface area contributed by atoms with Gasteiger partial charge in [-0.3, -0.25) is 9.59 Å². The van der Waals surface area contributed by atoms with Gasteiger partial charge in [0, 0.05) is 36.9 Å². The summed E-state index contributed by atoms with van der Waals surface area (Å²) in [6.07, 6.45) is 5.58. The molecule has 0 atom stereocenters. The first-order valence-corrected chi connectivity index (χ1v) is 10.1. The predicted molar refractivity (Wildman–Crippen MR) is 114 cm³/mol. The van der Waals surface area contributed by atoms with Gasteiger partial charge in [-0.25, -0.2) is 4.98 Å². The molecule has 1 saturated heterocycles. The molecule has 0 saturated carbocycles. The zero-order valence-electron chi connectivity index (χ0n) is 16.4. The van der Waals surface area contributed by atoms with Crippen molar-refractivity contribution in [1.82, 2.24) is 24.6 Å². The number of likely N-dealkylation sites (tertiary alicyclic amines) is 1. The molecule has 3 aromatic heterocycles. The number of hydrogen-bond acceptors (Lipinski definition) is 4. The molecule has 1 N–H and O–H groups in total. The van der Waals surface area contributed by atoms with Crippen molar-refractivity contribution in [3.8, 4) is 5.69 Å². The van der Waals surface area contributed by atoms with Crippen LogP contribution in [0.5, 0.6) is 0 Å². The van der Waals surface area contributed by atoms with Crippen LogP contribution in [0.4, 0.5) is 0 Å². The van der Waals surface area contributed by atoms with Crippen molar-refractivity contribution < 1.29 is 4.79 Å². The highest BCUT2D eigenvalue weighted by molar-refractivity contribution is 5.92. The van der Waals surface area contributed by atoms with E-state index in [-0.39, 0.29) is 17.2 Å². The number of H-pyrrole nitrogens is 1. The van der Waals surface area contributed by atoms with Crippen LogP contribution in [0.3, 0.4) is 0 Å². The summed E-state index contributed by atoms with van der Waals surface area (Å²) >= 11 is 0. The SMILES string of the molecule is O=C(c1ccc(=O)n(-c2ccccc2)n1)N1CCC(c2c[nH]c3ncccc23)CC1. The quantitative estimate of drug-likeness (QED) is 0.574. The van der Waals surface area contributed by atoms with E-state index in [4.69, 9.17) is 0 Å². The number of hydrogen-bond donors (Lipinski definition) is 1. The summed E-state index contributed by atoms with van der Waals surface area (Å²) in [5.41, 5.74) is 2.83. The first-order valence-electron chi connectivity index (χ1n) is 10.1. The van der Waals surface area contributed by atoms with E-state index >= 15 is 0 Å². The third kappa shape index (κ3) is 3.28. The number of rotatable bonds is 3. The summed E-state index contributed by atoms with van der Waals surface area (Å²) < 4.78 is 1.28. The van der Waals surface area contributed by atoms with Crippen LogP contribution in [-0.4, -0.2) is 43.6 Å². The zero-order chi connectivity index (χ0) is 20.5. The number of nitrogens with zero attached hydrogens (tertiary/aromatic N) is 4. The number of para-hydroxylation sites is 1. The Morgan fingerprint density at radius 3 is 2.60 bits per heavy atom. The van der Waals surface area contributed by atoms with Gasteiger partial charge in [-0.05, 0) is 54.7 Å². The standard InChI is InChI=1S/C23H21N5O2/c29-21-9-8-20(26-28(21)17-5-2-1-3-6-17)23(30)27-13-10-16(11-14-27)19-15-25-22-18(19)7-4-12-24-22/h1-9,12,15-16H,10-11,13-14H2,(H,24,25). The number of fused-ring (bicyclic) bond motifs is 1. The van der Waals surface area contributed by atoms with Gasteiger partial charge in [0.1, 0.15) is 11.3 Å². The smallest absolute Gasteiger partial charge is 0.274 e. The number of carbonyl (C=O) groups is 1. The molecule has 150 valence electrons. The molecule has 7 nitrogen and oxygen atoms in total. The van der Waals surface area contributed by atoms with Crippen molar-refractivity contribution in [2.45, 2.75) is 18.8 Å². The summed E-state index contributed by atoms with van der Waals surface area (Å²) in [6, 6.07) is 16.1. The van der Waals surface area contributed by atoms with Crippen LogP contribution >= 0.6 is 0 Å². The lowest BCUT2D eigenvalue weighted by atomic mass is 9.89. The molecule has 1 aromatic carbocycles. The van der Waals surface area contributed by atoms with Gasteiger partial charge in [-0.15, -0.1) is 0 Å². The largest absolute Gasteiger partial charge is 0.346 e. The summed E-state index contributed by atoms with van der Waals surface area (Å²) in [5.74, 6) is 0.247. The second kappa shape index (κ2) is 7.59. The van der Waals surface area contributed by atoms with Gasteiger partial charge in [-0.1, -0.05) is 18.2 Å². The third-order valence-electron chi connectivity index (χ3n) is 5.73. The number of aromatic amines is 1. The molecule has 1 aliphatic rings. The Labute approximate surface area is 173 Å². The minimum Gasteiger partial charge on any atom is -0.346 e. The molecule has 0 bridgehead atoms.